The fraction of sp³-hybridized carbons (Fsp3) is 1.00. The van der Waals surface area contributed by atoms with E-state index in [1.807, 2.05) is 0 Å². The Morgan fingerprint density at radius 2 is 1.50 bits per heavy atom. The van der Waals surface area contributed by atoms with Crippen molar-refractivity contribution in [3.63, 3.8) is 0 Å². The first-order chi connectivity index (χ1) is 4.15. The maximum absolute atomic E-state index is 12.2. The molecule has 1 unspecified atom stereocenters. The van der Waals surface area contributed by atoms with Gasteiger partial charge in [-0.25, -0.2) is 4.39 Å². The maximum atomic E-state index is 12.2. The van der Waals surface area contributed by atoms with Crippen molar-refractivity contribution in [2.75, 3.05) is 0 Å². The van der Waals surface area contributed by atoms with Crippen LogP contribution in [0.3, 0.4) is 0 Å². The Labute approximate surface area is 56.3 Å². The topological polar surface area (TPSA) is 40.5 Å². The Morgan fingerprint density at radius 1 is 1.20 bits per heavy atom. The Kier molecular flexibility index (Phi) is 2.32. The quantitative estimate of drug-likeness (QED) is 0.620. The molecule has 0 amide bonds. The van der Waals surface area contributed by atoms with Crippen LogP contribution >= 0.6 is 0 Å². The summed E-state index contributed by atoms with van der Waals surface area (Å²) < 4.78 is 35.4. The molecule has 2 nitrogen and oxygen atoms in total. The Hall–Kier alpha value is -0.290. The van der Waals surface area contributed by atoms with Gasteiger partial charge in [0.25, 0.3) is 0 Å². The van der Waals surface area contributed by atoms with Gasteiger partial charge in [0.1, 0.15) is 0 Å². The largest absolute Gasteiger partial charge is 0.387 e. The van der Waals surface area contributed by atoms with E-state index in [0.717, 1.165) is 13.8 Å². The molecule has 0 aromatic carbocycles. The molecule has 0 bridgehead atoms. The van der Waals surface area contributed by atoms with Gasteiger partial charge in [0.15, 0.2) is 0 Å². The first-order valence-corrected chi connectivity index (χ1v) is 2.62. The van der Waals surface area contributed by atoms with E-state index in [4.69, 9.17) is 10.2 Å². The van der Waals surface area contributed by atoms with Crippen molar-refractivity contribution >= 4 is 0 Å². The van der Waals surface area contributed by atoms with E-state index >= 15 is 0 Å². The molecule has 0 radical (unpaired) electrons. The van der Waals surface area contributed by atoms with Gasteiger partial charge in [0.2, 0.25) is 6.17 Å². The lowest BCUT2D eigenvalue weighted by atomic mass is 10.0. The van der Waals surface area contributed by atoms with Crippen molar-refractivity contribution in [1.29, 1.82) is 0 Å². The minimum Gasteiger partial charge on any atom is -0.387 e. The average Bonchev–Trinajstić information content (AvgIpc) is 1.59. The first kappa shape index (κ1) is 9.71. The summed E-state index contributed by atoms with van der Waals surface area (Å²) in [7, 11) is 0. The van der Waals surface area contributed by atoms with Crippen LogP contribution in [0.4, 0.5) is 13.2 Å². The molecular weight excluding hydrogens is 149 g/mol. The first-order valence-electron chi connectivity index (χ1n) is 2.62. The van der Waals surface area contributed by atoms with Crippen LogP contribution in [0.15, 0.2) is 0 Å². The minimum absolute atomic E-state index is 0.849. The summed E-state index contributed by atoms with van der Waals surface area (Å²) in [5, 5.41) is 16.4. The van der Waals surface area contributed by atoms with E-state index in [1.54, 1.807) is 0 Å². The lowest BCUT2D eigenvalue weighted by Crippen LogP contribution is -2.45. The average molecular weight is 158 g/mol. The second-order valence-corrected chi connectivity index (χ2v) is 2.60. The summed E-state index contributed by atoms with van der Waals surface area (Å²) in [5.74, 6) is 0. The number of alkyl halides is 3. The molecular formula is C5H9F3O2. The molecule has 0 fully saturated rings. The molecule has 0 saturated carbocycles. The molecule has 0 aliphatic rings. The smallest absolute Gasteiger partial charge is 0.387 e. The van der Waals surface area contributed by atoms with Crippen LogP contribution in [-0.2, 0) is 0 Å². The molecule has 0 aliphatic heterocycles. The van der Waals surface area contributed by atoms with Crippen molar-refractivity contribution < 1.29 is 23.4 Å². The van der Waals surface area contributed by atoms with Gasteiger partial charge >= 0.3 is 6.11 Å². The normalized spacial score (nSPS) is 17.1. The highest BCUT2D eigenvalue weighted by Crippen LogP contribution is 2.26. The number of hydrogen-bond acceptors (Lipinski definition) is 2. The van der Waals surface area contributed by atoms with E-state index < -0.39 is 17.9 Å². The highest BCUT2D eigenvalue weighted by Gasteiger charge is 2.47. The van der Waals surface area contributed by atoms with Crippen LogP contribution in [0.2, 0.25) is 0 Å². The van der Waals surface area contributed by atoms with Gasteiger partial charge < -0.3 is 10.2 Å². The third-order valence-corrected chi connectivity index (χ3v) is 0.925. The summed E-state index contributed by atoms with van der Waals surface area (Å²) in [6, 6.07) is 0. The monoisotopic (exact) mass is 158 g/mol. The summed E-state index contributed by atoms with van der Waals surface area (Å²) >= 11 is 0. The predicted molar refractivity (Wildman–Crippen MR) is 28.4 cm³/mol. The summed E-state index contributed by atoms with van der Waals surface area (Å²) in [6.07, 6.45) is -7.43. The van der Waals surface area contributed by atoms with Crippen molar-refractivity contribution in [3.8, 4) is 0 Å². The van der Waals surface area contributed by atoms with Gasteiger partial charge in [-0.3, -0.25) is 0 Å². The number of hydrogen-bond donors (Lipinski definition) is 2. The molecule has 0 spiro atoms. The maximum Gasteiger partial charge on any atom is 0.387 e. The number of halogens is 3. The van der Waals surface area contributed by atoms with Gasteiger partial charge in [0.05, 0.1) is 5.60 Å². The van der Waals surface area contributed by atoms with Crippen LogP contribution in [0.25, 0.3) is 0 Å². The molecule has 0 saturated heterocycles. The molecule has 1 atom stereocenters. The Bertz CT molecular complexity index is 99.0. The molecule has 62 valence electrons. The third-order valence-electron chi connectivity index (χ3n) is 0.925. The van der Waals surface area contributed by atoms with Gasteiger partial charge in [-0.2, -0.15) is 8.78 Å². The molecule has 0 aromatic rings. The number of aliphatic hydroxyl groups is 2. The molecule has 0 heterocycles. The molecule has 10 heavy (non-hydrogen) atoms. The van der Waals surface area contributed by atoms with E-state index in [0.29, 0.717) is 0 Å². The van der Waals surface area contributed by atoms with Crippen molar-refractivity contribution in [2.24, 2.45) is 0 Å². The Morgan fingerprint density at radius 3 is 1.50 bits per heavy atom. The zero-order valence-corrected chi connectivity index (χ0v) is 5.61. The Balaban J connectivity index is 4.23. The minimum atomic E-state index is -4.47. The SMILES string of the molecule is CC(C)(O)C(F)C(O)(F)F. The highest BCUT2D eigenvalue weighted by atomic mass is 19.3. The lowest BCUT2D eigenvalue weighted by molar-refractivity contribution is -0.271. The van der Waals surface area contributed by atoms with E-state index in [2.05, 4.69) is 0 Å². The third kappa shape index (κ3) is 2.53. The molecule has 0 rings (SSSR count). The van der Waals surface area contributed by atoms with Crippen molar-refractivity contribution in [2.45, 2.75) is 31.7 Å². The van der Waals surface area contributed by atoms with Crippen LogP contribution < -0.4 is 0 Å². The number of rotatable bonds is 2. The van der Waals surface area contributed by atoms with Crippen molar-refractivity contribution in [3.05, 3.63) is 0 Å². The van der Waals surface area contributed by atoms with Gasteiger partial charge in [-0.05, 0) is 13.8 Å². The second kappa shape index (κ2) is 2.39. The summed E-state index contributed by atoms with van der Waals surface area (Å²) in [4.78, 5) is 0. The van der Waals surface area contributed by atoms with E-state index in [1.165, 1.54) is 0 Å². The molecule has 2 N–H and O–H groups in total. The fourth-order valence-electron chi connectivity index (χ4n) is 0.425. The second-order valence-electron chi connectivity index (χ2n) is 2.60. The van der Waals surface area contributed by atoms with Crippen LogP contribution in [0.5, 0.6) is 0 Å². The fourth-order valence-corrected chi connectivity index (χ4v) is 0.425. The zero-order chi connectivity index (χ0) is 8.58. The summed E-state index contributed by atoms with van der Waals surface area (Å²) in [6.45, 7) is 1.70. The highest BCUT2D eigenvalue weighted by molar-refractivity contribution is 4.82. The molecule has 0 aromatic heterocycles. The zero-order valence-electron chi connectivity index (χ0n) is 5.61. The summed E-state index contributed by atoms with van der Waals surface area (Å²) in [5.41, 5.74) is -2.22. The van der Waals surface area contributed by atoms with Gasteiger partial charge in [-0.15, -0.1) is 0 Å². The van der Waals surface area contributed by atoms with E-state index in [9.17, 15) is 13.2 Å². The van der Waals surface area contributed by atoms with E-state index in [-0.39, 0.29) is 0 Å². The molecule has 0 aliphatic carbocycles. The lowest BCUT2D eigenvalue weighted by Gasteiger charge is -2.25. The van der Waals surface area contributed by atoms with Crippen LogP contribution in [0, 0.1) is 0 Å². The van der Waals surface area contributed by atoms with Crippen LogP contribution in [0.1, 0.15) is 13.8 Å². The standard InChI is InChI=1S/C5H9F3O2/c1-4(2,9)3(6)5(7,8)10/h3,9-10H,1-2H3. The van der Waals surface area contributed by atoms with Crippen molar-refractivity contribution in [1.82, 2.24) is 0 Å². The van der Waals surface area contributed by atoms with Gasteiger partial charge in [-0.1, -0.05) is 0 Å². The van der Waals surface area contributed by atoms with Crippen LogP contribution in [-0.4, -0.2) is 28.1 Å². The molecule has 5 heteroatoms. The van der Waals surface area contributed by atoms with Gasteiger partial charge in [0, 0.05) is 0 Å². The predicted octanol–water partition coefficient (Wildman–Crippen LogP) is 0.680.